The third-order valence-electron chi connectivity index (χ3n) is 2.09. The van der Waals surface area contributed by atoms with Gasteiger partial charge in [0.1, 0.15) is 16.9 Å². The van der Waals surface area contributed by atoms with Crippen LogP contribution in [0.1, 0.15) is 19.6 Å². The van der Waals surface area contributed by atoms with Crippen molar-refractivity contribution in [3.8, 4) is 0 Å². The van der Waals surface area contributed by atoms with E-state index < -0.39 is 5.60 Å². The van der Waals surface area contributed by atoms with Crippen LogP contribution in [0.5, 0.6) is 0 Å². The maximum Gasteiger partial charge on any atom is 0.136 e. The molecule has 0 aliphatic carbocycles. The summed E-state index contributed by atoms with van der Waals surface area (Å²) in [7, 11) is 0. The Morgan fingerprint density at radius 2 is 2.00 bits per heavy atom. The van der Waals surface area contributed by atoms with Gasteiger partial charge in [-0.15, -0.1) is 0 Å². The average Bonchev–Trinajstić information content (AvgIpc) is 2.45. The van der Waals surface area contributed by atoms with Crippen LogP contribution < -0.4 is 0 Å². The predicted molar refractivity (Wildman–Crippen MR) is 56.5 cm³/mol. The van der Waals surface area contributed by atoms with Gasteiger partial charge >= 0.3 is 0 Å². The summed E-state index contributed by atoms with van der Waals surface area (Å²) in [6.45, 7) is 3.37. The molecule has 0 radical (unpaired) electrons. The van der Waals surface area contributed by atoms with Crippen molar-refractivity contribution in [2.75, 3.05) is 0 Å². The summed E-state index contributed by atoms with van der Waals surface area (Å²) in [5, 5.41) is 11.3. The highest BCUT2D eigenvalue weighted by Crippen LogP contribution is 2.28. The molecular formula is C11H11ClO2. The van der Waals surface area contributed by atoms with E-state index in [1.165, 1.54) is 0 Å². The molecule has 0 saturated carbocycles. The molecule has 1 aromatic heterocycles. The molecule has 74 valence electrons. The Bertz CT molecular complexity index is 466. The van der Waals surface area contributed by atoms with Gasteiger partial charge in [-0.3, -0.25) is 0 Å². The predicted octanol–water partition coefficient (Wildman–Crippen LogP) is 3.31. The van der Waals surface area contributed by atoms with Gasteiger partial charge in [-0.2, -0.15) is 0 Å². The SMILES string of the molecule is CC(C)(O)c1cc2ccc(Cl)cc2o1. The topological polar surface area (TPSA) is 33.4 Å². The highest BCUT2D eigenvalue weighted by Gasteiger charge is 2.20. The van der Waals surface area contributed by atoms with Gasteiger partial charge in [0, 0.05) is 16.5 Å². The quantitative estimate of drug-likeness (QED) is 0.784. The van der Waals surface area contributed by atoms with E-state index in [1.807, 2.05) is 12.1 Å². The fraction of sp³-hybridized carbons (Fsp3) is 0.273. The zero-order valence-electron chi connectivity index (χ0n) is 8.04. The third-order valence-corrected chi connectivity index (χ3v) is 2.32. The lowest BCUT2D eigenvalue weighted by Crippen LogP contribution is -2.13. The molecule has 0 aliphatic heterocycles. The van der Waals surface area contributed by atoms with Gasteiger partial charge in [-0.1, -0.05) is 11.6 Å². The Morgan fingerprint density at radius 3 is 2.64 bits per heavy atom. The van der Waals surface area contributed by atoms with Crippen LogP contribution >= 0.6 is 11.6 Å². The van der Waals surface area contributed by atoms with E-state index in [2.05, 4.69) is 0 Å². The fourth-order valence-corrected chi connectivity index (χ4v) is 1.47. The molecule has 0 saturated heterocycles. The van der Waals surface area contributed by atoms with E-state index in [9.17, 15) is 5.11 Å². The molecule has 0 aliphatic rings. The number of hydrogen-bond acceptors (Lipinski definition) is 2. The fourth-order valence-electron chi connectivity index (χ4n) is 1.31. The van der Waals surface area contributed by atoms with Crippen molar-refractivity contribution < 1.29 is 9.52 Å². The first-order chi connectivity index (χ1) is 6.47. The summed E-state index contributed by atoms with van der Waals surface area (Å²) in [6.07, 6.45) is 0. The Labute approximate surface area is 87.1 Å². The average molecular weight is 211 g/mol. The van der Waals surface area contributed by atoms with Gasteiger partial charge in [0.05, 0.1) is 0 Å². The number of fused-ring (bicyclic) bond motifs is 1. The lowest BCUT2D eigenvalue weighted by molar-refractivity contribution is 0.0559. The highest BCUT2D eigenvalue weighted by atomic mass is 35.5. The van der Waals surface area contributed by atoms with Gasteiger partial charge < -0.3 is 9.52 Å². The van der Waals surface area contributed by atoms with Gasteiger partial charge in [-0.05, 0) is 32.0 Å². The van der Waals surface area contributed by atoms with Crippen LogP contribution in [0.4, 0.5) is 0 Å². The second-order valence-electron chi connectivity index (χ2n) is 3.85. The number of benzene rings is 1. The first-order valence-electron chi connectivity index (χ1n) is 4.39. The molecule has 0 fully saturated rings. The van der Waals surface area contributed by atoms with E-state index in [4.69, 9.17) is 16.0 Å². The summed E-state index contributed by atoms with van der Waals surface area (Å²) in [5.74, 6) is 0.551. The number of hydrogen-bond donors (Lipinski definition) is 1. The van der Waals surface area contributed by atoms with E-state index in [1.54, 1.807) is 26.0 Å². The van der Waals surface area contributed by atoms with Crippen LogP contribution in [0.15, 0.2) is 28.7 Å². The van der Waals surface area contributed by atoms with Crippen LogP contribution in [-0.4, -0.2) is 5.11 Å². The Hall–Kier alpha value is -0.990. The minimum absolute atomic E-state index is 0.551. The smallest absolute Gasteiger partial charge is 0.136 e. The van der Waals surface area contributed by atoms with Crippen molar-refractivity contribution >= 4 is 22.6 Å². The van der Waals surface area contributed by atoms with Gasteiger partial charge in [0.25, 0.3) is 0 Å². The molecule has 0 bridgehead atoms. The van der Waals surface area contributed by atoms with Crippen LogP contribution in [0, 0.1) is 0 Å². The molecule has 0 atom stereocenters. The van der Waals surface area contributed by atoms with E-state index in [0.29, 0.717) is 16.4 Å². The maximum atomic E-state index is 9.73. The van der Waals surface area contributed by atoms with Crippen molar-refractivity contribution in [1.29, 1.82) is 0 Å². The van der Waals surface area contributed by atoms with Crippen molar-refractivity contribution in [2.45, 2.75) is 19.4 Å². The summed E-state index contributed by atoms with van der Waals surface area (Å²) >= 11 is 5.82. The molecule has 1 N–H and O–H groups in total. The Balaban J connectivity index is 2.63. The first-order valence-corrected chi connectivity index (χ1v) is 4.76. The third kappa shape index (κ3) is 1.63. The molecule has 1 heterocycles. The normalized spacial score (nSPS) is 12.3. The van der Waals surface area contributed by atoms with Crippen LogP contribution in [0.3, 0.4) is 0 Å². The molecule has 3 heteroatoms. The minimum Gasteiger partial charge on any atom is -0.458 e. The molecule has 2 aromatic rings. The zero-order chi connectivity index (χ0) is 10.3. The second kappa shape index (κ2) is 3.01. The monoisotopic (exact) mass is 210 g/mol. The van der Waals surface area contributed by atoms with Crippen LogP contribution in [-0.2, 0) is 5.60 Å². The number of halogens is 1. The second-order valence-corrected chi connectivity index (χ2v) is 4.29. The summed E-state index contributed by atoms with van der Waals surface area (Å²) in [5.41, 5.74) is -0.250. The molecule has 2 nitrogen and oxygen atoms in total. The largest absolute Gasteiger partial charge is 0.458 e. The lowest BCUT2D eigenvalue weighted by atomic mass is 10.1. The van der Waals surface area contributed by atoms with E-state index in [0.717, 1.165) is 5.39 Å². The minimum atomic E-state index is -0.953. The summed E-state index contributed by atoms with van der Waals surface area (Å²) in [4.78, 5) is 0. The van der Waals surface area contributed by atoms with Crippen molar-refractivity contribution in [1.82, 2.24) is 0 Å². The van der Waals surface area contributed by atoms with Gasteiger partial charge in [0.2, 0.25) is 0 Å². The molecule has 14 heavy (non-hydrogen) atoms. The van der Waals surface area contributed by atoms with Gasteiger partial charge in [0.15, 0.2) is 0 Å². The van der Waals surface area contributed by atoms with E-state index >= 15 is 0 Å². The Morgan fingerprint density at radius 1 is 1.29 bits per heavy atom. The van der Waals surface area contributed by atoms with Crippen molar-refractivity contribution in [3.63, 3.8) is 0 Å². The zero-order valence-corrected chi connectivity index (χ0v) is 8.80. The number of aliphatic hydroxyl groups is 1. The maximum absolute atomic E-state index is 9.73. The molecule has 0 amide bonds. The molecule has 2 rings (SSSR count). The van der Waals surface area contributed by atoms with E-state index in [-0.39, 0.29) is 0 Å². The van der Waals surface area contributed by atoms with Crippen molar-refractivity contribution in [3.05, 3.63) is 35.0 Å². The standard InChI is InChI=1S/C11H11ClO2/c1-11(2,13)10-5-7-3-4-8(12)6-9(7)14-10/h3-6,13H,1-2H3. The van der Waals surface area contributed by atoms with Crippen molar-refractivity contribution in [2.24, 2.45) is 0 Å². The summed E-state index contributed by atoms with van der Waals surface area (Å²) < 4.78 is 5.48. The summed E-state index contributed by atoms with van der Waals surface area (Å²) in [6, 6.07) is 7.24. The molecule has 1 aromatic carbocycles. The molecular weight excluding hydrogens is 200 g/mol. The number of furan rings is 1. The van der Waals surface area contributed by atoms with Crippen LogP contribution in [0.25, 0.3) is 11.0 Å². The molecule has 0 unspecified atom stereocenters. The lowest BCUT2D eigenvalue weighted by Gasteiger charge is -2.12. The highest BCUT2D eigenvalue weighted by molar-refractivity contribution is 6.31. The van der Waals surface area contributed by atoms with Gasteiger partial charge in [-0.25, -0.2) is 0 Å². The first kappa shape index (κ1) is 9.56. The molecule has 0 spiro atoms. The number of rotatable bonds is 1. The van der Waals surface area contributed by atoms with Crippen LogP contribution in [0.2, 0.25) is 5.02 Å². The Kier molecular flexibility index (Phi) is 2.05.